The van der Waals surface area contributed by atoms with Crippen molar-refractivity contribution >= 4 is 139 Å². The van der Waals surface area contributed by atoms with Crippen LogP contribution in [-0.2, 0) is 74.8 Å². The highest BCUT2D eigenvalue weighted by atomic mass is 35.5. The molecular weight excluding hydrogens is 1900 g/mol. The van der Waals surface area contributed by atoms with Crippen molar-refractivity contribution in [2.45, 2.75) is 104 Å². The Morgan fingerprint density at radius 1 is 0.514 bits per heavy atom. The number of amides is 12. The van der Waals surface area contributed by atoms with Crippen molar-refractivity contribution in [3.63, 3.8) is 0 Å². The van der Waals surface area contributed by atoms with Crippen molar-refractivity contribution < 1.29 is 105 Å². The molecule has 2 aromatic heterocycles. The monoisotopic (exact) mass is 2010 g/mol. The molecule has 5 aliphatic heterocycles. The number of aryl methyl sites for hydroxylation is 2. The number of alkyl halides is 2. The fourth-order valence-electron chi connectivity index (χ4n) is 16.2. The van der Waals surface area contributed by atoms with E-state index in [1.807, 2.05) is 67.7 Å². The van der Waals surface area contributed by atoms with Crippen LogP contribution in [0.1, 0.15) is 141 Å². The maximum absolute atomic E-state index is 14.5. The summed E-state index contributed by atoms with van der Waals surface area (Å²) >= 11 is 13.3. The van der Waals surface area contributed by atoms with Gasteiger partial charge in [0.25, 0.3) is 47.3 Å². The van der Waals surface area contributed by atoms with Gasteiger partial charge < -0.3 is 87.8 Å². The second-order valence-electron chi connectivity index (χ2n) is 36.3. The average Bonchev–Trinajstić information content (AvgIpc) is 1.57. The lowest BCUT2D eigenvalue weighted by atomic mass is 9.89. The SMILES string of the molecule is C1CCOC1.COCOc1ccc(C(=O)Nc2ccc(-n3cc(C(=O)N4C[C@@H](CCl)c5c4cc(CC(=O)N(CCOCCN4C(=O)C=CC4=O)CCN(C)C(=O)OC(C)(C)C)c4cccc(C)c54)nn3)cc2)cc1.COCOc1ccc(C(=O)Nc2ccc(-n3cc(C(=O)N4C[C@@H](CCl)c5c4cc(CC(=O)N(CCOCCO)CCN(C)C(=O)OC(C)(C)C)c4cccc(C)c54)nn3)cc2)cc1.O=C1C=CC(=O)N1. The number of hydrogen-bond acceptors (Lipinski definition) is 26. The Labute approximate surface area is 843 Å². The zero-order chi connectivity index (χ0) is 103. The smallest absolute Gasteiger partial charge is 0.410 e. The molecule has 7 heterocycles. The third-order valence-corrected chi connectivity index (χ3v) is 24.2. The summed E-state index contributed by atoms with van der Waals surface area (Å²) in [5.74, 6) is -2.09. The lowest BCUT2D eigenvalue weighted by Crippen LogP contribution is -2.43. The molecule has 15 rings (SSSR count). The summed E-state index contributed by atoms with van der Waals surface area (Å²) in [4.78, 5) is 164. The molecule has 40 heteroatoms. The molecule has 0 unspecified atom stereocenters. The predicted molar refractivity (Wildman–Crippen MR) is 539 cm³/mol. The van der Waals surface area contributed by atoms with Crippen LogP contribution in [0.15, 0.2) is 182 Å². The number of benzene rings is 8. The number of ether oxygens (including phenoxy) is 9. The summed E-state index contributed by atoms with van der Waals surface area (Å²) < 4.78 is 50.9. The molecule has 0 bridgehead atoms. The van der Waals surface area contributed by atoms with E-state index in [1.165, 1.54) is 70.5 Å². The number of carbonyl (C=O) groups is 12. The first-order valence-corrected chi connectivity index (χ1v) is 47.9. The zero-order valence-corrected chi connectivity index (χ0v) is 84.0. The van der Waals surface area contributed by atoms with Gasteiger partial charge in [0.05, 0.1) is 76.2 Å². The molecule has 5 aliphatic rings. The molecule has 1 saturated heterocycles. The van der Waals surface area contributed by atoms with Crippen LogP contribution in [0.3, 0.4) is 0 Å². The van der Waals surface area contributed by atoms with Gasteiger partial charge in [-0.1, -0.05) is 46.8 Å². The summed E-state index contributed by atoms with van der Waals surface area (Å²) in [6, 6.07) is 42.8. The van der Waals surface area contributed by atoms with Crippen LogP contribution < -0.4 is 35.2 Å². The van der Waals surface area contributed by atoms with Crippen LogP contribution in [0.4, 0.5) is 32.3 Å². The minimum atomic E-state index is -0.714. The van der Waals surface area contributed by atoms with E-state index < -0.39 is 41.1 Å². The number of likely N-dealkylation sites (N-methyl/N-ethyl adjacent to an activating group) is 2. The van der Waals surface area contributed by atoms with Crippen molar-refractivity contribution in [1.82, 2.24) is 59.8 Å². The molecule has 12 amide bonds. The molecule has 8 aromatic carbocycles. The van der Waals surface area contributed by atoms with Crippen molar-refractivity contribution in [3.05, 3.63) is 238 Å². The van der Waals surface area contributed by atoms with Crippen molar-refractivity contribution in [1.29, 1.82) is 0 Å². The minimum absolute atomic E-state index is 0.000287. The van der Waals surface area contributed by atoms with Crippen LogP contribution in [0.25, 0.3) is 32.9 Å². The number of methoxy groups -OCH3 is 2. The van der Waals surface area contributed by atoms with E-state index in [1.54, 1.807) is 185 Å². The third kappa shape index (κ3) is 29.2. The van der Waals surface area contributed by atoms with E-state index in [-0.39, 0.29) is 188 Å². The molecule has 4 N–H and O–H groups in total. The van der Waals surface area contributed by atoms with Gasteiger partial charge >= 0.3 is 12.2 Å². The van der Waals surface area contributed by atoms with Crippen molar-refractivity contribution in [2.75, 3.05) is 179 Å². The fraction of sp³-hybridized carbons (Fsp3) is 0.385. The Hall–Kier alpha value is -14.4. The number of aromatic nitrogens is 6. The molecule has 2 atom stereocenters. The molecular formula is C104H120Cl2N16O22. The largest absolute Gasteiger partial charge is 0.468 e. The predicted octanol–water partition coefficient (Wildman–Crippen LogP) is 12.3. The van der Waals surface area contributed by atoms with Gasteiger partial charge in [0.15, 0.2) is 25.0 Å². The lowest BCUT2D eigenvalue weighted by Gasteiger charge is -2.28. The summed E-state index contributed by atoms with van der Waals surface area (Å²) in [5.41, 5.74) is 8.43. The van der Waals surface area contributed by atoms with Crippen LogP contribution in [0.2, 0.25) is 0 Å². The van der Waals surface area contributed by atoms with Gasteiger partial charge in [0, 0.05) is 176 Å². The molecule has 0 aliphatic carbocycles. The van der Waals surface area contributed by atoms with Gasteiger partial charge in [-0.3, -0.25) is 58.2 Å². The first kappa shape index (κ1) is 108. The van der Waals surface area contributed by atoms with Gasteiger partial charge in [0.1, 0.15) is 22.7 Å². The average molecular weight is 2020 g/mol. The topological polar surface area (TPSA) is 428 Å². The number of nitrogens with zero attached hydrogens (tertiary/aromatic N) is 13. The maximum Gasteiger partial charge on any atom is 0.410 e. The highest BCUT2D eigenvalue weighted by Crippen LogP contribution is 2.47. The fourth-order valence-corrected chi connectivity index (χ4v) is 16.7. The molecule has 144 heavy (non-hydrogen) atoms. The second kappa shape index (κ2) is 51.0. The van der Waals surface area contributed by atoms with Crippen molar-refractivity contribution in [2.24, 2.45) is 0 Å². The molecule has 0 radical (unpaired) electrons. The number of aliphatic hydroxyl groups is 1. The molecule has 38 nitrogen and oxygen atoms in total. The number of fused-ring (bicyclic) bond motifs is 6. The standard InChI is InChI=1S/C50H55ClN8O10.C46H54ClN7O9.C4H3NO2.C4H8O/c1-32-8-7-9-39-34(27-44(62)56(21-20-55(5)49(65)69-50(2,3)4)22-24-67-25-23-57-42(60)18-19-43(57)61)26-41-46(45(32)39)35(28-51)29-58(41)48(64)40-30-59(54-53-40)37-14-12-36(13-15-37)52-47(63)33-10-16-38(17-11-33)68-31-66-6;1-30-8-7-9-37-32(25-40(56)52(20-22-61-23-21-55)19-18-51(5)45(59)63-46(2,3)4)24-39-42(41(30)37)33(26-47)27-53(39)44(58)38-28-54(50-49-38)35-14-12-34(13-15-35)48-43(57)31-10-16-36(17-11-31)62-29-60-6;6-3-1-2-4(7)5-3;1-2-4-5-3-1/h7-19,26,30,35H,20-25,27-29,31H2,1-6H3,(H,52,63);7-17,24,28,33,55H,18-23,25-27,29H2,1-6H3,(H,48,57);1-2H,(H,5,6,7);1-4H2/t35-;33-;;/m11../s1. The van der Waals surface area contributed by atoms with E-state index in [9.17, 15) is 62.6 Å². The first-order chi connectivity index (χ1) is 69.0. The van der Waals surface area contributed by atoms with E-state index in [2.05, 4.69) is 31.3 Å². The van der Waals surface area contributed by atoms with Crippen molar-refractivity contribution in [3.8, 4) is 22.9 Å². The summed E-state index contributed by atoms with van der Waals surface area (Å²) in [6.45, 7) is 19.0. The minimum Gasteiger partial charge on any atom is -0.468 e. The second-order valence-corrected chi connectivity index (χ2v) is 36.9. The van der Waals surface area contributed by atoms with Gasteiger partial charge in [-0.05, 0) is 232 Å². The van der Waals surface area contributed by atoms with E-state index in [0.29, 0.717) is 68.9 Å². The van der Waals surface area contributed by atoms with Crippen LogP contribution in [0, 0.1) is 13.8 Å². The quantitative estimate of drug-likeness (QED) is 0.0122. The Bertz CT molecular complexity index is 6280. The Morgan fingerprint density at radius 2 is 0.917 bits per heavy atom. The molecule has 10 aromatic rings. The zero-order valence-electron chi connectivity index (χ0n) is 82.5. The van der Waals surface area contributed by atoms with E-state index in [0.717, 1.165) is 67.5 Å². The van der Waals surface area contributed by atoms with Gasteiger partial charge in [0.2, 0.25) is 11.8 Å². The number of halogens is 2. The Kier molecular flexibility index (Phi) is 38.4. The van der Waals surface area contributed by atoms with Crippen LogP contribution >= 0.6 is 23.2 Å². The highest BCUT2D eigenvalue weighted by molar-refractivity contribution is 6.20. The highest BCUT2D eigenvalue weighted by Gasteiger charge is 2.40. The molecule has 762 valence electrons. The van der Waals surface area contributed by atoms with E-state index >= 15 is 0 Å². The first-order valence-electron chi connectivity index (χ1n) is 46.9. The number of imide groups is 2. The lowest BCUT2D eigenvalue weighted by molar-refractivity contribution is -0.138. The number of anilines is 4. The Morgan fingerprint density at radius 3 is 1.27 bits per heavy atom. The number of nitrogens with one attached hydrogen (secondary N) is 3. The third-order valence-electron chi connectivity index (χ3n) is 23.4. The molecule has 0 saturated carbocycles. The van der Waals surface area contributed by atoms with Crippen LogP contribution in [-0.4, -0.2) is 301 Å². The van der Waals surface area contributed by atoms with Gasteiger partial charge in [-0.15, -0.1) is 33.4 Å². The summed E-state index contributed by atoms with van der Waals surface area (Å²) in [5, 5.41) is 37.6. The van der Waals surface area contributed by atoms with Gasteiger partial charge in [-0.25, -0.2) is 19.0 Å². The Balaban J connectivity index is 0.000000230. The molecule has 0 spiro atoms. The number of hydrogen-bond donors (Lipinski definition) is 4. The molecule has 1 fully saturated rings. The number of aliphatic hydroxyl groups excluding tert-OH is 1. The van der Waals surface area contributed by atoms with E-state index in [4.69, 9.17) is 65.8 Å². The summed E-state index contributed by atoms with van der Waals surface area (Å²) in [7, 11) is 6.27. The number of carbonyl (C=O) groups excluding carboxylic acids is 12. The number of rotatable bonds is 37. The normalized spacial score (nSPS) is 14.5. The van der Waals surface area contributed by atoms with Gasteiger partial charge in [-0.2, -0.15) is 0 Å². The maximum atomic E-state index is 14.5. The summed E-state index contributed by atoms with van der Waals surface area (Å²) in [6.07, 6.45) is 9.37. The van der Waals surface area contributed by atoms with Crippen LogP contribution in [0.5, 0.6) is 11.5 Å².